The van der Waals surface area contributed by atoms with Crippen LogP contribution < -0.4 is 11.1 Å². The van der Waals surface area contributed by atoms with Crippen molar-refractivity contribution in [1.82, 2.24) is 4.31 Å². The van der Waals surface area contributed by atoms with Crippen molar-refractivity contribution >= 4 is 49.5 Å². The smallest absolute Gasteiger partial charge is 0.266 e. The first kappa shape index (κ1) is 21.9. The van der Waals surface area contributed by atoms with Gasteiger partial charge in [0.25, 0.3) is 21.8 Å². The van der Waals surface area contributed by atoms with Crippen LogP contribution >= 0.6 is 22.7 Å². The van der Waals surface area contributed by atoms with Crippen LogP contribution in [-0.2, 0) is 15.4 Å². The molecule has 0 radical (unpaired) electrons. The fourth-order valence-electron chi connectivity index (χ4n) is 3.03. The van der Waals surface area contributed by atoms with Gasteiger partial charge in [-0.25, -0.2) is 8.42 Å². The van der Waals surface area contributed by atoms with Crippen molar-refractivity contribution in [1.29, 1.82) is 0 Å². The van der Waals surface area contributed by atoms with E-state index in [4.69, 9.17) is 5.73 Å². The lowest BCUT2D eigenvalue weighted by atomic mass is 9.95. The van der Waals surface area contributed by atoms with Crippen LogP contribution in [0.5, 0.6) is 0 Å². The topological polar surface area (TPSA) is 110 Å². The second-order valence-electron chi connectivity index (χ2n) is 8.01. The molecule has 3 N–H and O–H groups in total. The van der Waals surface area contributed by atoms with Gasteiger partial charge in [-0.2, -0.15) is 4.31 Å². The van der Waals surface area contributed by atoms with Crippen molar-refractivity contribution in [2.24, 2.45) is 5.73 Å². The lowest BCUT2D eigenvalue weighted by molar-refractivity contribution is 0.100. The number of carbonyl (C=O) groups excluding carboxylic acids is 2. The van der Waals surface area contributed by atoms with Gasteiger partial charge in [-0.15, -0.1) is 22.7 Å². The average molecular weight is 456 g/mol. The molecular weight excluding hydrogens is 430 g/mol. The van der Waals surface area contributed by atoms with E-state index in [9.17, 15) is 18.0 Å². The number of primary amides is 1. The highest BCUT2D eigenvalue weighted by molar-refractivity contribution is 7.91. The SMILES string of the molecule is CC(C)(C)c1ccc(C(=O)Nc2sc(S(=O)(=O)N3CCCCC3)cc2C(N)=O)s1. The zero-order valence-corrected chi connectivity index (χ0v) is 19.1. The highest BCUT2D eigenvalue weighted by atomic mass is 32.2. The van der Waals surface area contributed by atoms with Gasteiger partial charge in [0.05, 0.1) is 10.4 Å². The summed E-state index contributed by atoms with van der Waals surface area (Å²) in [5.41, 5.74) is 5.36. The number of nitrogens with two attached hydrogens (primary N) is 1. The van der Waals surface area contributed by atoms with Crippen molar-refractivity contribution in [2.75, 3.05) is 18.4 Å². The Morgan fingerprint density at radius 1 is 1.10 bits per heavy atom. The molecule has 158 valence electrons. The van der Waals surface area contributed by atoms with Crippen LogP contribution in [0.4, 0.5) is 5.00 Å². The van der Waals surface area contributed by atoms with Gasteiger partial charge < -0.3 is 11.1 Å². The first-order valence-electron chi connectivity index (χ1n) is 9.35. The van der Waals surface area contributed by atoms with Crippen molar-refractivity contribution in [3.05, 3.63) is 33.5 Å². The molecule has 1 aliphatic rings. The minimum atomic E-state index is -3.72. The number of hydrogen-bond donors (Lipinski definition) is 2. The maximum absolute atomic E-state index is 12.9. The summed E-state index contributed by atoms with van der Waals surface area (Å²) in [6.07, 6.45) is 2.62. The van der Waals surface area contributed by atoms with E-state index in [1.807, 2.05) is 6.07 Å². The maximum Gasteiger partial charge on any atom is 0.266 e. The highest BCUT2D eigenvalue weighted by Crippen LogP contribution is 2.35. The van der Waals surface area contributed by atoms with Crippen LogP contribution in [0.25, 0.3) is 0 Å². The predicted molar refractivity (Wildman–Crippen MR) is 116 cm³/mol. The molecule has 1 aliphatic heterocycles. The number of piperidine rings is 1. The molecule has 0 bridgehead atoms. The number of anilines is 1. The Hall–Kier alpha value is -1.75. The molecule has 0 saturated carbocycles. The predicted octanol–water partition coefficient (Wildman–Crippen LogP) is 3.63. The lowest BCUT2D eigenvalue weighted by Gasteiger charge is -2.25. The number of amides is 2. The van der Waals surface area contributed by atoms with Gasteiger partial charge in [0, 0.05) is 18.0 Å². The molecule has 2 aromatic heterocycles. The number of rotatable bonds is 5. The number of hydrogen-bond acceptors (Lipinski definition) is 6. The van der Waals surface area contributed by atoms with Crippen molar-refractivity contribution in [2.45, 2.75) is 49.7 Å². The molecule has 3 heterocycles. The molecule has 0 aliphatic carbocycles. The van der Waals surface area contributed by atoms with Gasteiger partial charge >= 0.3 is 0 Å². The second kappa shape index (κ2) is 8.17. The summed E-state index contributed by atoms with van der Waals surface area (Å²) >= 11 is 2.23. The van der Waals surface area contributed by atoms with E-state index in [-0.39, 0.29) is 20.2 Å². The number of carbonyl (C=O) groups is 2. The van der Waals surface area contributed by atoms with E-state index in [0.717, 1.165) is 35.5 Å². The zero-order valence-electron chi connectivity index (χ0n) is 16.6. The molecular formula is C19H25N3O4S3. The van der Waals surface area contributed by atoms with Gasteiger partial charge in [-0.1, -0.05) is 27.2 Å². The molecule has 3 rings (SSSR count). The molecule has 29 heavy (non-hydrogen) atoms. The Morgan fingerprint density at radius 3 is 2.31 bits per heavy atom. The van der Waals surface area contributed by atoms with Crippen molar-refractivity contribution in [3.8, 4) is 0 Å². The van der Waals surface area contributed by atoms with E-state index in [2.05, 4.69) is 26.1 Å². The Balaban J connectivity index is 1.88. The standard InChI is InChI=1S/C19H25N3O4S3/c1-19(2,3)14-8-7-13(27-14)17(24)21-18-12(16(20)23)11-15(28-18)29(25,26)22-9-5-4-6-10-22/h7-8,11H,4-6,9-10H2,1-3H3,(H2,20,23)(H,21,24). The first-order chi connectivity index (χ1) is 13.5. The average Bonchev–Trinajstić information content (AvgIpc) is 3.30. The summed E-state index contributed by atoms with van der Waals surface area (Å²) in [4.78, 5) is 26.1. The summed E-state index contributed by atoms with van der Waals surface area (Å²) in [6, 6.07) is 4.89. The van der Waals surface area contributed by atoms with Gasteiger partial charge in [-0.05, 0) is 36.5 Å². The minimum absolute atomic E-state index is 0.00605. The molecule has 0 unspecified atom stereocenters. The van der Waals surface area contributed by atoms with E-state index in [1.165, 1.54) is 21.7 Å². The minimum Gasteiger partial charge on any atom is -0.366 e. The van der Waals surface area contributed by atoms with Gasteiger partial charge in [-0.3, -0.25) is 9.59 Å². The maximum atomic E-state index is 12.9. The normalized spacial score (nSPS) is 16.0. The van der Waals surface area contributed by atoms with Crippen molar-refractivity contribution < 1.29 is 18.0 Å². The van der Waals surface area contributed by atoms with Crippen LogP contribution in [-0.4, -0.2) is 37.6 Å². The van der Waals surface area contributed by atoms with Gasteiger partial charge in [0.15, 0.2) is 0 Å². The Morgan fingerprint density at radius 2 is 1.76 bits per heavy atom. The third kappa shape index (κ3) is 4.71. The number of nitrogens with one attached hydrogen (secondary N) is 1. The Kier molecular flexibility index (Phi) is 6.19. The number of sulfonamides is 1. The summed E-state index contributed by atoms with van der Waals surface area (Å²) in [6.45, 7) is 7.09. The molecule has 2 aromatic rings. The number of thiophene rings is 2. The summed E-state index contributed by atoms with van der Waals surface area (Å²) in [5.74, 6) is -1.17. The molecule has 0 atom stereocenters. The van der Waals surface area contributed by atoms with E-state index >= 15 is 0 Å². The monoisotopic (exact) mass is 455 g/mol. The highest BCUT2D eigenvalue weighted by Gasteiger charge is 2.30. The van der Waals surface area contributed by atoms with Crippen LogP contribution in [0.15, 0.2) is 22.4 Å². The lowest BCUT2D eigenvalue weighted by Crippen LogP contribution is -2.35. The fraction of sp³-hybridized carbons (Fsp3) is 0.474. The molecule has 1 fully saturated rings. The molecule has 2 amide bonds. The van der Waals surface area contributed by atoms with Crippen LogP contribution in [0.2, 0.25) is 0 Å². The third-order valence-corrected chi connectivity index (χ3v) is 9.59. The second-order valence-corrected chi connectivity index (χ2v) is 12.3. The Bertz CT molecular complexity index is 1030. The Labute approximate surface area is 179 Å². The molecule has 1 saturated heterocycles. The van der Waals surface area contributed by atoms with Gasteiger partial charge in [0.1, 0.15) is 9.21 Å². The molecule has 0 aromatic carbocycles. The van der Waals surface area contributed by atoms with Gasteiger partial charge in [0.2, 0.25) is 0 Å². The first-order valence-corrected chi connectivity index (χ1v) is 12.4. The molecule has 10 heteroatoms. The summed E-state index contributed by atoms with van der Waals surface area (Å²) < 4.78 is 27.3. The van der Waals surface area contributed by atoms with Crippen LogP contribution in [0.1, 0.15) is 64.9 Å². The van der Waals surface area contributed by atoms with Crippen molar-refractivity contribution in [3.63, 3.8) is 0 Å². The van der Waals surface area contributed by atoms with Crippen LogP contribution in [0.3, 0.4) is 0 Å². The van der Waals surface area contributed by atoms with Crippen LogP contribution in [0, 0.1) is 0 Å². The largest absolute Gasteiger partial charge is 0.366 e. The summed E-state index contributed by atoms with van der Waals surface area (Å²) in [5, 5.41) is 2.83. The summed E-state index contributed by atoms with van der Waals surface area (Å²) in [7, 11) is -3.72. The van der Waals surface area contributed by atoms with E-state index in [0.29, 0.717) is 18.0 Å². The number of nitrogens with zero attached hydrogens (tertiary/aromatic N) is 1. The molecule has 7 nitrogen and oxygen atoms in total. The fourth-order valence-corrected chi connectivity index (χ4v) is 7.03. The molecule has 0 spiro atoms. The van der Waals surface area contributed by atoms with E-state index < -0.39 is 21.8 Å². The zero-order chi connectivity index (χ0) is 21.4. The van der Waals surface area contributed by atoms with E-state index in [1.54, 1.807) is 6.07 Å². The quantitative estimate of drug-likeness (QED) is 0.717. The third-order valence-electron chi connectivity index (χ3n) is 4.68.